The van der Waals surface area contributed by atoms with Gasteiger partial charge in [0, 0.05) is 13.1 Å². The SMILES string of the molecule is CC[C@H](C)c1ccc(OCC(=O)Nc2cccc(Cl)c2N2CCCCC2)cc1. The van der Waals surface area contributed by atoms with Crippen LogP contribution >= 0.6 is 11.6 Å². The van der Waals surface area contributed by atoms with Crippen molar-refractivity contribution in [3.8, 4) is 5.75 Å². The summed E-state index contributed by atoms with van der Waals surface area (Å²) in [6.07, 6.45) is 4.64. The minimum absolute atomic E-state index is 0.0331. The standard InChI is InChI=1S/C23H29ClN2O2/c1-3-17(2)18-10-12-19(13-11-18)28-16-22(27)25-21-9-7-8-20(24)23(21)26-14-5-4-6-15-26/h7-13,17H,3-6,14-16H2,1-2H3,(H,25,27)/t17-/m0/s1. The van der Waals surface area contributed by atoms with Gasteiger partial charge >= 0.3 is 0 Å². The van der Waals surface area contributed by atoms with Gasteiger partial charge in [0.15, 0.2) is 6.61 Å². The first-order valence-corrected chi connectivity index (χ1v) is 10.5. The summed E-state index contributed by atoms with van der Waals surface area (Å²) in [5.74, 6) is 1.03. The van der Waals surface area contributed by atoms with Gasteiger partial charge in [-0.2, -0.15) is 0 Å². The average molecular weight is 401 g/mol. The Balaban J connectivity index is 1.61. The molecule has 0 saturated carbocycles. The maximum Gasteiger partial charge on any atom is 0.262 e. The van der Waals surface area contributed by atoms with Gasteiger partial charge < -0.3 is 15.0 Å². The molecule has 150 valence electrons. The number of carbonyl (C=O) groups is 1. The normalized spacial score (nSPS) is 15.2. The van der Waals surface area contributed by atoms with Crippen LogP contribution in [-0.2, 0) is 4.79 Å². The largest absolute Gasteiger partial charge is 0.484 e. The lowest BCUT2D eigenvalue weighted by molar-refractivity contribution is -0.118. The molecule has 0 unspecified atom stereocenters. The fourth-order valence-corrected chi connectivity index (χ4v) is 3.81. The Morgan fingerprint density at radius 3 is 2.54 bits per heavy atom. The average Bonchev–Trinajstić information content (AvgIpc) is 2.73. The van der Waals surface area contributed by atoms with E-state index in [0.717, 1.165) is 43.7 Å². The lowest BCUT2D eigenvalue weighted by Gasteiger charge is -2.31. The van der Waals surface area contributed by atoms with Crippen LogP contribution < -0.4 is 15.0 Å². The highest BCUT2D eigenvalue weighted by Crippen LogP contribution is 2.35. The molecule has 3 rings (SSSR count). The van der Waals surface area contributed by atoms with Crippen LogP contribution in [0.25, 0.3) is 0 Å². The van der Waals surface area contributed by atoms with Gasteiger partial charge in [0.2, 0.25) is 0 Å². The van der Waals surface area contributed by atoms with E-state index in [1.54, 1.807) is 0 Å². The van der Waals surface area contributed by atoms with Gasteiger partial charge in [-0.1, -0.05) is 43.6 Å². The summed E-state index contributed by atoms with van der Waals surface area (Å²) >= 11 is 6.45. The van der Waals surface area contributed by atoms with E-state index in [-0.39, 0.29) is 12.5 Å². The van der Waals surface area contributed by atoms with Crippen molar-refractivity contribution in [2.75, 3.05) is 29.9 Å². The summed E-state index contributed by atoms with van der Waals surface area (Å²) in [6.45, 7) is 6.27. The van der Waals surface area contributed by atoms with Crippen LogP contribution in [0.3, 0.4) is 0 Å². The number of hydrogen-bond donors (Lipinski definition) is 1. The molecule has 1 atom stereocenters. The zero-order valence-corrected chi connectivity index (χ0v) is 17.5. The molecule has 1 aliphatic heterocycles. The lowest BCUT2D eigenvalue weighted by atomic mass is 9.99. The molecule has 1 N–H and O–H groups in total. The number of nitrogens with zero attached hydrogens (tertiary/aromatic N) is 1. The van der Waals surface area contributed by atoms with Gasteiger partial charge in [-0.05, 0) is 61.4 Å². The van der Waals surface area contributed by atoms with Crippen molar-refractivity contribution in [1.82, 2.24) is 0 Å². The van der Waals surface area contributed by atoms with E-state index in [2.05, 4.69) is 36.2 Å². The van der Waals surface area contributed by atoms with Crippen molar-refractivity contribution in [2.24, 2.45) is 0 Å². The molecule has 5 heteroatoms. The molecule has 0 bridgehead atoms. The number of amides is 1. The smallest absolute Gasteiger partial charge is 0.262 e. The summed E-state index contributed by atoms with van der Waals surface area (Å²) in [5, 5.41) is 3.64. The van der Waals surface area contributed by atoms with Crippen LogP contribution in [-0.4, -0.2) is 25.6 Å². The minimum Gasteiger partial charge on any atom is -0.484 e. The van der Waals surface area contributed by atoms with Crippen LogP contribution in [0.1, 0.15) is 51.0 Å². The molecular formula is C23H29ClN2O2. The number of hydrogen-bond acceptors (Lipinski definition) is 3. The molecule has 28 heavy (non-hydrogen) atoms. The van der Waals surface area contributed by atoms with E-state index in [4.69, 9.17) is 16.3 Å². The van der Waals surface area contributed by atoms with Crippen LogP contribution in [0.4, 0.5) is 11.4 Å². The molecule has 4 nitrogen and oxygen atoms in total. The first-order valence-electron chi connectivity index (χ1n) is 10.1. The Morgan fingerprint density at radius 2 is 1.86 bits per heavy atom. The molecule has 2 aromatic carbocycles. The predicted octanol–water partition coefficient (Wildman–Crippen LogP) is 5.86. The lowest BCUT2D eigenvalue weighted by Crippen LogP contribution is -2.31. The van der Waals surface area contributed by atoms with Gasteiger partial charge in [-0.25, -0.2) is 0 Å². The first-order chi connectivity index (χ1) is 13.6. The number of para-hydroxylation sites is 1. The molecule has 1 aliphatic rings. The third kappa shape index (κ3) is 5.20. The highest BCUT2D eigenvalue weighted by molar-refractivity contribution is 6.34. The second-order valence-corrected chi connectivity index (χ2v) is 7.81. The number of piperidine rings is 1. The Hall–Kier alpha value is -2.20. The summed E-state index contributed by atoms with van der Waals surface area (Å²) < 4.78 is 5.67. The Bertz CT molecular complexity index is 786. The van der Waals surface area contributed by atoms with E-state index < -0.39 is 0 Å². The van der Waals surface area contributed by atoms with Gasteiger partial charge in [0.1, 0.15) is 5.75 Å². The number of rotatable bonds is 7. The number of halogens is 1. The number of benzene rings is 2. The van der Waals surface area contributed by atoms with Crippen molar-refractivity contribution >= 4 is 28.9 Å². The maximum atomic E-state index is 12.5. The number of anilines is 2. The summed E-state index contributed by atoms with van der Waals surface area (Å²) in [5.41, 5.74) is 2.94. The maximum absolute atomic E-state index is 12.5. The third-order valence-corrected chi connectivity index (χ3v) is 5.67. The van der Waals surface area contributed by atoms with Gasteiger partial charge in [-0.3, -0.25) is 4.79 Å². The highest BCUT2D eigenvalue weighted by atomic mass is 35.5. The topological polar surface area (TPSA) is 41.6 Å². The molecule has 2 aromatic rings. The summed E-state index contributed by atoms with van der Waals surface area (Å²) in [4.78, 5) is 14.7. The van der Waals surface area contributed by atoms with E-state index in [9.17, 15) is 4.79 Å². The van der Waals surface area contributed by atoms with Crippen molar-refractivity contribution in [3.05, 3.63) is 53.1 Å². The number of carbonyl (C=O) groups excluding carboxylic acids is 1. The zero-order valence-electron chi connectivity index (χ0n) is 16.7. The van der Waals surface area contributed by atoms with Crippen molar-refractivity contribution in [1.29, 1.82) is 0 Å². The minimum atomic E-state index is -0.188. The molecule has 0 radical (unpaired) electrons. The van der Waals surface area contributed by atoms with E-state index in [1.807, 2.05) is 30.3 Å². The highest BCUT2D eigenvalue weighted by Gasteiger charge is 2.19. The molecule has 0 spiro atoms. The molecule has 1 heterocycles. The van der Waals surface area contributed by atoms with E-state index in [1.165, 1.54) is 12.0 Å². The van der Waals surface area contributed by atoms with Crippen molar-refractivity contribution < 1.29 is 9.53 Å². The number of nitrogens with one attached hydrogen (secondary N) is 1. The summed E-state index contributed by atoms with van der Waals surface area (Å²) in [7, 11) is 0. The van der Waals surface area contributed by atoms with Crippen molar-refractivity contribution in [3.63, 3.8) is 0 Å². The van der Waals surface area contributed by atoms with Crippen LogP contribution in [0.2, 0.25) is 5.02 Å². The van der Waals surface area contributed by atoms with E-state index in [0.29, 0.717) is 16.7 Å². The Kier molecular flexibility index (Phi) is 7.21. The van der Waals surface area contributed by atoms with E-state index >= 15 is 0 Å². The second kappa shape index (κ2) is 9.83. The molecule has 0 aliphatic carbocycles. The zero-order chi connectivity index (χ0) is 19.9. The van der Waals surface area contributed by atoms with Gasteiger partial charge in [-0.15, -0.1) is 0 Å². The van der Waals surface area contributed by atoms with Crippen molar-refractivity contribution in [2.45, 2.75) is 45.4 Å². The molecular weight excluding hydrogens is 372 g/mol. The van der Waals surface area contributed by atoms with Crippen LogP contribution in [0, 0.1) is 0 Å². The molecule has 1 saturated heterocycles. The fourth-order valence-electron chi connectivity index (χ4n) is 3.52. The molecule has 0 aromatic heterocycles. The Labute approximate surface area is 172 Å². The quantitative estimate of drug-likeness (QED) is 0.632. The molecule has 1 amide bonds. The predicted molar refractivity (Wildman–Crippen MR) is 117 cm³/mol. The third-order valence-electron chi connectivity index (χ3n) is 5.36. The van der Waals surface area contributed by atoms with Gasteiger partial charge in [0.05, 0.1) is 16.4 Å². The second-order valence-electron chi connectivity index (χ2n) is 7.40. The molecule has 1 fully saturated rings. The van der Waals surface area contributed by atoms with Crippen LogP contribution in [0.15, 0.2) is 42.5 Å². The monoisotopic (exact) mass is 400 g/mol. The number of ether oxygens (including phenoxy) is 1. The van der Waals surface area contributed by atoms with Crippen LogP contribution in [0.5, 0.6) is 5.75 Å². The summed E-state index contributed by atoms with van der Waals surface area (Å²) in [6, 6.07) is 13.6. The first kappa shape index (κ1) is 20.5. The fraction of sp³-hybridized carbons (Fsp3) is 0.435. The van der Waals surface area contributed by atoms with Gasteiger partial charge in [0.25, 0.3) is 5.91 Å². The Morgan fingerprint density at radius 1 is 1.14 bits per heavy atom.